The third kappa shape index (κ3) is 4.55. The molecule has 27 heavy (non-hydrogen) atoms. The van der Waals surface area contributed by atoms with Crippen molar-refractivity contribution in [1.82, 2.24) is 4.90 Å². The van der Waals surface area contributed by atoms with Crippen molar-refractivity contribution in [2.45, 2.75) is 6.92 Å². The van der Waals surface area contributed by atoms with E-state index in [9.17, 15) is 19.1 Å². The zero-order valence-electron chi connectivity index (χ0n) is 15.0. The maximum absolute atomic E-state index is 13.0. The Hall–Kier alpha value is -3.09. The van der Waals surface area contributed by atoms with Crippen LogP contribution in [0.1, 0.15) is 15.9 Å². The van der Waals surface area contributed by atoms with Gasteiger partial charge in [0.2, 0.25) is 0 Å². The molecule has 1 aliphatic heterocycles. The number of rotatable bonds is 4. The molecule has 0 radical (unpaired) electrons. The fourth-order valence-corrected chi connectivity index (χ4v) is 2.90. The molecule has 1 amide bonds. The van der Waals surface area contributed by atoms with Crippen molar-refractivity contribution in [3.63, 3.8) is 0 Å². The van der Waals surface area contributed by atoms with Crippen LogP contribution in [0.4, 0.5) is 10.1 Å². The molecule has 0 saturated carbocycles. The Morgan fingerprint density at radius 2 is 1.74 bits per heavy atom. The lowest BCUT2D eigenvalue weighted by molar-refractivity contribution is -0.134. The predicted octanol–water partition coefficient (Wildman–Crippen LogP) is 2.35. The van der Waals surface area contributed by atoms with Crippen LogP contribution >= 0.6 is 0 Å². The van der Waals surface area contributed by atoms with Crippen LogP contribution in [0.25, 0.3) is 0 Å². The van der Waals surface area contributed by atoms with E-state index in [0.717, 1.165) is 5.69 Å². The van der Waals surface area contributed by atoms with E-state index < -0.39 is 5.97 Å². The first kappa shape index (κ1) is 18.7. The number of esters is 1. The minimum Gasteiger partial charge on any atom is -0.508 e. The van der Waals surface area contributed by atoms with Crippen LogP contribution in [0.3, 0.4) is 0 Å². The highest BCUT2D eigenvalue weighted by atomic mass is 19.1. The van der Waals surface area contributed by atoms with Crippen LogP contribution in [0.5, 0.6) is 5.75 Å². The molecule has 1 aliphatic rings. The Kier molecular flexibility index (Phi) is 5.59. The molecule has 0 atom stereocenters. The highest BCUT2D eigenvalue weighted by molar-refractivity contribution is 5.91. The second kappa shape index (κ2) is 8.07. The average molecular weight is 372 g/mol. The van der Waals surface area contributed by atoms with E-state index in [-0.39, 0.29) is 29.6 Å². The predicted molar refractivity (Wildman–Crippen MR) is 98.3 cm³/mol. The number of nitrogens with zero attached hydrogens (tertiary/aromatic N) is 2. The molecule has 0 unspecified atom stereocenters. The van der Waals surface area contributed by atoms with E-state index in [4.69, 9.17) is 4.74 Å². The van der Waals surface area contributed by atoms with Gasteiger partial charge in [0.1, 0.15) is 11.6 Å². The van der Waals surface area contributed by atoms with E-state index in [0.29, 0.717) is 31.7 Å². The highest BCUT2D eigenvalue weighted by Gasteiger charge is 2.22. The lowest BCUT2D eigenvalue weighted by Gasteiger charge is -2.36. The molecule has 7 heteroatoms. The van der Waals surface area contributed by atoms with Crippen LogP contribution in [-0.4, -0.2) is 54.7 Å². The maximum Gasteiger partial charge on any atom is 0.338 e. The number of halogens is 1. The third-order valence-corrected chi connectivity index (χ3v) is 4.60. The van der Waals surface area contributed by atoms with Gasteiger partial charge in [-0.1, -0.05) is 6.07 Å². The SMILES string of the molecule is Cc1ccc(C(=O)OCC(=O)N2CCN(c3ccc(F)cc3)CC2)cc1O. The molecule has 0 spiro atoms. The number of anilines is 1. The number of phenolic OH excluding ortho intramolecular Hbond substituents is 1. The quantitative estimate of drug-likeness (QED) is 0.835. The average Bonchev–Trinajstić information content (AvgIpc) is 2.68. The van der Waals surface area contributed by atoms with Crippen LogP contribution in [0, 0.1) is 12.7 Å². The standard InChI is InChI=1S/C20H21FN2O4/c1-14-2-3-15(12-18(14)24)20(26)27-13-19(25)23-10-8-22(9-11-23)17-6-4-16(21)5-7-17/h2-7,12,24H,8-11,13H2,1H3. The van der Waals surface area contributed by atoms with Gasteiger partial charge in [-0.05, 0) is 48.9 Å². The second-order valence-corrected chi connectivity index (χ2v) is 6.42. The summed E-state index contributed by atoms with van der Waals surface area (Å²) in [5.41, 5.74) is 1.77. The molecule has 6 nitrogen and oxygen atoms in total. The van der Waals surface area contributed by atoms with Gasteiger partial charge < -0.3 is 19.6 Å². The largest absolute Gasteiger partial charge is 0.508 e. The summed E-state index contributed by atoms with van der Waals surface area (Å²) in [6.07, 6.45) is 0. The highest BCUT2D eigenvalue weighted by Crippen LogP contribution is 2.19. The molecule has 1 fully saturated rings. The Labute approximate surface area is 156 Å². The molecule has 1 N–H and O–H groups in total. The van der Waals surface area contributed by atoms with Gasteiger partial charge in [-0.25, -0.2) is 9.18 Å². The smallest absolute Gasteiger partial charge is 0.338 e. The van der Waals surface area contributed by atoms with Gasteiger partial charge in [0, 0.05) is 31.9 Å². The van der Waals surface area contributed by atoms with Crippen molar-refractivity contribution in [2.75, 3.05) is 37.7 Å². The van der Waals surface area contributed by atoms with Crippen molar-refractivity contribution in [2.24, 2.45) is 0 Å². The molecule has 3 rings (SSSR count). The summed E-state index contributed by atoms with van der Waals surface area (Å²) in [5, 5.41) is 9.66. The lowest BCUT2D eigenvalue weighted by atomic mass is 10.1. The van der Waals surface area contributed by atoms with E-state index in [2.05, 4.69) is 4.90 Å². The van der Waals surface area contributed by atoms with Gasteiger partial charge in [-0.3, -0.25) is 4.79 Å². The summed E-state index contributed by atoms with van der Waals surface area (Å²) in [6.45, 7) is 3.62. The normalized spacial score (nSPS) is 14.1. The molecule has 2 aromatic rings. The number of amides is 1. The van der Waals surface area contributed by atoms with E-state index in [1.165, 1.54) is 18.2 Å². The molecular weight excluding hydrogens is 351 g/mol. The number of carbonyl (C=O) groups is 2. The first-order chi connectivity index (χ1) is 12.9. The Morgan fingerprint density at radius 1 is 1.07 bits per heavy atom. The van der Waals surface area contributed by atoms with Crippen molar-refractivity contribution >= 4 is 17.6 Å². The van der Waals surface area contributed by atoms with Crippen LogP contribution in [0.15, 0.2) is 42.5 Å². The molecule has 0 aliphatic carbocycles. The Bertz CT molecular complexity index is 830. The number of carbonyl (C=O) groups excluding carboxylic acids is 2. The number of aryl methyl sites for hydroxylation is 1. The maximum atomic E-state index is 13.0. The molecule has 1 heterocycles. The summed E-state index contributed by atoms with van der Waals surface area (Å²) in [5.74, 6) is -1.19. The molecular formula is C20H21FN2O4. The van der Waals surface area contributed by atoms with Gasteiger partial charge in [0.05, 0.1) is 5.56 Å². The molecule has 1 saturated heterocycles. The number of benzene rings is 2. The first-order valence-corrected chi connectivity index (χ1v) is 8.69. The number of ether oxygens (including phenoxy) is 1. The second-order valence-electron chi connectivity index (χ2n) is 6.42. The van der Waals surface area contributed by atoms with Crippen LogP contribution in [0.2, 0.25) is 0 Å². The van der Waals surface area contributed by atoms with Crippen molar-refractivity contribution in [3.8, 4) is 5.75 Å². The Balaban J connectivity index is 1.48. The fraction of sp³-hybridized carbons (Fsp3) is 0.300. The molecule has 0 bridgehead atoms. The van der Waals surface area contributed by atoms with Gasteiger partial charge >= 0.3 is 5.97 Å². The van der Waals surface area contributed by atoms with Gasteiger partial charge in [-0.2, -0.15) is 0 Å². The van der Waals surface area contributed by atoms with E-state index in [1.54, 1.807) is 36.1 Å². The number of aromatic hydroxyl groups is 1. The van der Waals surface area contributed by atoms with Gasteiger partial charge in [-0.15, -0.1) is 0 Å². The Morgan fingerprint density at radius 3 is 2.37 bits per heavy atom. The van der Waals surface area contributed by atoms with Gasteiger partial charge in [0.25, 0.3) is 5.91 Å². The minimum atomic E-state index is -0.649. The summed E-state index contributed by atoms with van der Waals surface area (Å²) >= 11 is 0. The summed E-state index contributed by atoms with van der Waals surface area (Å²) in [7, 11) is 0. The molecule has 142 valence electrons. The first-order valence-electron chi connectivity index (χ1n) is 8.69. The van der Waals surface area contributed by atoms with Crippen LogP contribution in [-0.2, 0) is 9.53 Å². The topological polar surface area (TPSA) is 70.1 Å². The van der Waals surface area contributed by atoms with E-state index in [1.807, 2.05) is 0 Å². The zero-order valence-corrected chi connectivity index (χ0v) is 15.0. The number of piperazine rings is 1. The third-order valence-electron chi connectivity index (χ3n) is 4.60. The number of hydrogen-bond donors (Lipinski definition) is 1. The monoisotopic (exact) mass is 372 g/mol. The number of phenols is 1. The van der Waals surface area contributed by atoms with Gasteiger partial charge in [0.15, 0.2) is 6.61 Å². The molecule has 2 aromatic carbocycles. The summed E-state index contributed by atoms with van der Waals surface area (Å²) in [6, 6.07) is 10.7. The van der Waals surface area contributed by atoms with Crippen molar-refractivity contribution in [1.29, 1.82) is 0 Å². The van der Waals surface area contributed by atoms with Crippen LogP contribution < -0.4 is 4.90 Å². The summed E-state index contributed by atoms with van der Waals surface area (Å²) in [4.78, 5) is 28.0. The summed E-state index contributed by atoms with van der Waals surface area (Å²) < 4.78 is 18.1. The lowest BCUT2D eigenvalue weighted by Crippen LogP contribution is -2.49. The van der Waals surface area contributed by atoms with Crippen molar-refractivity contribution in [3.05, 3.63) is 59.4 Å². The minimum absolute atomic E-state index is 0.00712. The van der Waals surface area contributed by atoms with E-state index >= 15 is 0 Å². The fourth-order valence-electron chi connectivity index (χ4n) is 2.90. The van der Waals surface area contributed by atoms with Crippen molar-refractivity contribution < 1.29 is 23.8 Å². The zero-order chi connectivity index (χ0) is 19.4. The molecule has 0 aromatic heterocycles. The number of hydrogen-bond acceptors (Lipinski definition) is 5.